The third kappa shape index (κ3) is 5.78. The first-order chi connectivity index (χ1) is 12.3. The molecule has 0 spiro atoms. The van der Waals surface area contributed by atoms with Gasteiger partial charge in [0.2, 0.25) is 5.91 Å². The van der Waals surface area contributed by atoms with Crippen molar-refractivity contribution in [2.75, 3.05) is 33.2 Å². The molecular formula is C21H34FN3O. The molecule has 4 nitrogen and oxygen atoms in total. The zero-order valence-corrected chi connectivity index (χ0v) is 16.9. The van der Waals surface area contributed by atoms with E-state index in [1.807, 2.05) is 24.1 Å². The molecule has 0 aliphatic carbocycles. The predicted octanol–water partition coefficient (Wildman–Crippen LogP) is 3.22. The number of carbonyl (C=O) groups excluding carboxylic acids is 1. The van der Waals surface area contributed by atoms with Gasteiger partial charge in [0.05, 0.1) is 6.54 Å². The highest BCUT2D eigenvalue weighted by Gasteiger charge is 2.29. The zero-order valence-electron chi connectivity index (χ0n) is 16.9. The molecule has 2 rings (SSSR count). The molecule has 0 saturated carbocycles. The lowest BCUT2D eigenvalue weighted by Crippen LogP contribution is -2.48. The minimum absolute atomic E-state index is 0.198. The number of likely N-dealkylation sites (N-methyl/N-ethyl adjacent to an activating group) is 1. The topological polar surface area (TPSA) is 26.8 Å². The van der Waals surface area contributed by atoms with E-state index in [1.165, 1.54) is 12.1 Å². The Kier molecular flexibility index (Phi) is 7.59. The highest BCUT2D eigenvalue weighted by atomic mass is 19.1. The van der Waals surface area contributed by atoms with Gasteiger partial charge in [-0.15, -0.1) is 0 Å². The Bertz CT molecular complexity index is 573. The molecule has 0 radical (unpaired) electrons. The highest BCUT2D eigenvalue weighted by molar-refractivity contribution is 5.78. The van der Waals surface area contributed by atoms with Gasteiger partial charge in [-0.2, -0.15) is 0 Å². The van der Waals surface area contributed by atoms with Crippen LogP contribution in [0.15, 0.2) is 24.3 Å². The van der Waals surface area contributed by atoms with Crippen molar-refractivity contribution in [2.24, 2.45) is 5.92 Å². The smallest absolute Gasteiger partial charge is 0.236 e. The second-order valence-electron chi connectivity index (χ2n) is 8.11. The van der Waals surface area contributed by atoms with Crippen molar-refractivity contribution < 1.29 is 9.18 Å². The van der Waals surface area contributed by atoms with Crippen LogP contribution >= 0.6 is 0 Å². The van der Waals surface area contributed by atoms with Crippen LogP contribution in [0.3, 0.4) is 0 Å². The van der Waals surface area contributed by atoms with E-state index in [0.29, 0.717) is 24.5 Å². The van der Waals surface area contributed by atoms with Crippen molar-refractivity contribution in [1.29, 1.82) is 0 Å². The van der Waals surface area contributed by atoms with Crippen LogP contribution in [0, 0.1) is 11.7 Å². The molecule has 1 unspecified atom stereocenters. The van der Waals surface area contributed by atoms with Crippen LogP contribution < -0.4 is 0 Å². The second kappa shape index (κ2) is 9.47. The Hall–Kier alpha value is -1.46. The zero-order chi connectivity index (χ0) is 19.3. The first kappa shape index (κ1) is 20.8. The summed E-state index contributed by atoms with van der Waals surface area (Å²) in [7, 11) is 2.00. The minimum atomic E-state index is -0.198. The lowest BCUT2D eigenvalue weighted by atomic mass is 10.0. The van der Waals surface area contributed by atoms with Crippen LogP contribution in [-0.2, 0) is 11.3 Å². The van der Waals surface area contributed by atoms with Crippen molar-refractivity contribution in [3.8, 4) is 0 Å². The third-order valence-corrected chi connectivity index (χ3v) is 5.44. The standard InChI is InChI=1S/C21H34FN3O/c1-16(2)20-14-25(21(26)15-23(5)17(3)4)12-6-11-24(20)13-18-7-9-19(22)10-8-18/h7-10,16-17,20H,6,11-15H2,1-5H3. The minimum Gasteiger partial charge on any atom is -0.340 e. The lowest BCUT2D eigenvalue weighted by molar-refractivity contribution is -0.133. The van der Waals surface area contributed by atoms with Crippen molar-refractivity contribution in [2.45, 2.75) is 52.7 Å². The molecule has 1 atom stereocenters. The molecule has 5 heteroatoms. The number of amides is 1. The second-order valence-corrected chi connectivity index (χ2v) is 8.11. The van der Waals surface area contributed by atoms with Crippen LogP contribution in [0.1, 0.15) is 39.7 Å². The Labute approximate surface area is 158 Å². The van der Waals surface area contributed by atoms with E-state index in [1.54, 1.807) is 0 Å². The number of rotatable bonds is 6. The van der Waals surface area contributed by atoms with Crippen LogP contribution in [0.25, 0.3) is 0 Å². The van der Waals surface area contributed by atoms with Crippen LogP contribution in [0.5, 0.6) is 0 Å². The first-order valence-electron chi connectivity index (χ1n) is 9.74. The quantitative estimate of drug-likeness (QED) is 0.776. The number of benzene rings is 1. The average molecular weight is 364 g/mol. The number of halogens is 1. The van der Waals surface area contributed by atoms with Gasteiger partial charge in [0, 0.05) is 38.3 Å². The normalized spacial score (nSPS) is 19.4. The average Bonchev–Trinajstić information content (AvgIpc) is 2.79. The van der Waals surface area contributed by atoms with Crippen molar-refractivity contribution in [3.05, 3.63) is 35.6 Å². The van der Waals surface area contributed by atoms with Gasteiger partial charge in [0.25, 0.3) is 0 Å². The number of hydrogen-bond donors (Lipinski definition) is 0. The fourth-order valence-electron chi connectivity index (χ4n) is 3.44. The van der Waals surface area contributed by atoms with Crippen LogP contribution in [0.2, 0.25) is 0 Å². The predicted molar refractivity (Wildman–Crippen MR) is 104 cm³/mol. The van der Waals surface area contributed by atoms with Gasteiger partial charge in [-0.25, -0.2) is 4.39 Å². The van der Waals surface area contributed by atoms with Gasteiger partial charge in [-0.3, -0.25) is 14.6 Å². The summed E-state index contributed by atoms with van der Waals surface area (Å²) in [6.07, 6.45) is 0.974. The molecule has 1 aromatic carbocycles. The van der Waals surface area contributed by atoms with Crippen LogP contribution in [0.4, 0.5) is 4.39 Å². The molecule has 1 saturated heterocycles. The van der Waals surface area contributed by atoms with Gasteiger partial charge in [-0.05, 0) is 50.9 Å². The summed E-state index contributed by atoms with van der Waals surface area (Å²) in [4.78, 5) is 19.3. The van der Waals surface area contributed by atoms with E-state index in [-0.39, 0.29) is 11.7 Å². The van der Waals surface area contributed by atoms with Gasteiger partial charge in [0.1, 0.15) is 5.82 Å². The largest absolute Gasteiger partial charge is 0.340 e. The summed E-state index contributed by atoms with van der Waals surface area (Å²) in [5, 5.41) is 0. The highest BCUT2D eigenvalue weighted by Crippen LogP contribution is 2.20. The van der Waals surface area contributed by atoms with E-state index >= 15 is 0 Å². The maximum absolute atomic E-state index is 13.2. The molecule has 1 fully saturated rings. The summed E-state index contributed by atoms with van der Waals surface area (Å²) in [6, 6.07) is 7.44. The number of hydrogen-bond acceptors (Lipinski definition) is 3. The molecular weight excluding hydrogens is 329 g/mol. The van der Waals surface area contributed by atoms with E-state index in [4.69, 9.17) is 0 Å². The maximum atomic E-state index is 13.2. The Morgan fingerprint density at radius 1 is 1.19 bits per heavy atom. The first-order valence-corrected chi connectivity index (χ1v) is 9.74. The van der Waals surface area contributed by atoms with E-state index in [0.717, 1.165) is 38.2 Å². The fourth-order valence-corrected chi connectivity index (χ4v) is 3.44. The van der Waals surface area contributed by atoms with E-state index in [9.17, 15) is 9.18 Å². The molecule has 1 aromatic rings. The molecule has 0 aromatic heterocycles. The molecule has 1 aliphatic heterocycles. The molecule has 1 amide bonds. The summed E-state index contributed by atoms with van der Waals surface area (Å²) >= 11 is 0. The van der Waals surface area contributed by atoms with Crippen molar-refractivity contribution >= 4 is 5.91 Å². The van der Waals surface area contributed by atoms with E-state index in [2.05, 4.69) is 37.5 Å². The van der Waals surface area contributed by atoms with Gasteiger partial charge in [-0.1, -0.05) is 26.0 Å². The maximum Gasteiger partial charge on any atom is 0.236 e. The van der Waals surface area contributed by atoms with Gasteiger partial charge in [0.15, 0.2) is 0 Å². The van der Waals surface area contributed by atoms with Crippen molar-refractivity contribution in [1.82, 2.24) is 14.7 Å². The lowest BCUT2D eigenvalue weighted by Gasteiger charge is -2.35. The molecule has 0 N–H and O–H groups in total. The fraction of sp³-hybridized carbons (Fsp3) is 0.667. The Morgan fingerprint density at radius 3 is 2.42 bits per heavy atom. The number of carbonyl (C=O) groups is 1. The van der Waals surface area contributed by atoms with E-state index < -0.39 is 0 Å². The summed E-state index contributed by atoms with van der Waals surface area (Å²) < 4.78 is 13.2. The Morgan fingerprint density at radius 2 is 1.85 bits per heavy atom. The third-order valence-electron chi connectivity index (χ3n) is 5.44. The van der Waals surface area contributed by atoms with Gasteiger partial charge >= 0.3 is 0 Å². The monoisotopic (exact) mass is 363 g/mol. The Balaban J connectivity index is 2.06. The van der Waals surface area contributed by atoms with Crippen LogP contribution in [-0.4, -0.2) is 65.9 Å². The molecule has 1 heterocycles. The molecule has 146 valence electrons. The summed E-state index contributed by atoms with van der Waals surface area (Å²) in [5.74, 6) is 0.471. The molecule has 26 heavy (non-hydrogen) atoms. The molecule has 0 bridgehead atoms. The SMILES string of the molecule is CC(C)C1CN(C(=O)CN(C)C(C)C)CCCN1Cc1ccc(F)cc1. The van der Waals surface area contributed by atoms with Crippen molar-refractivity contribution in [3.63, 3.8) is 0 Å². The summed E-state index contributed by atoms with van der Waals surface area (Å²) in [5.41, 5.74) is 1.12. The number of nitrogens with zero attached hydrogens (tertiary/aromatic N) is 3. The van der Waals surface area contributed by atoms with Gasteiger partial charge < -0.3 is 4.90 Å². The summed E-state index contributed by atoms with van der Waals surface area (Å²) in [6.45, 7) is 12.5. The molecule has 1 aliphatic rings.